The summed E-state index contributed by atoms with van der Waals surface area (Å²) in [5.74, 6) is 1.57. The highest BCUT2D eigenvalue weighted by molar-refractivity contribution is 5.34. The van der Waals surface area contributed by atoms with Crippen LogP contribution in [0.25, 0.3) is 0 Å². The molecule has 2 heterocycles. The molecule has 1 saturated heterocycles. The minimum Gasteiger partial charge on any atom is -0.439 e. The van der Waals surface area contributed by atoms with Crippen LogP contribution in [0.15, 0.2) is 48.7 Å². The zero-order valence-electron chi connectivity index (χ0n) is 11.1. The number of benzene rings is 1. The predicted molar refractivity (Wildman–Crippen MR) is 75.4 cm³/mol. The largest absolute Gasteiger partial charge is 0.439 e. The highest BCUT2D eigenvalue weighted by atomic mass is 16.5. The van der Waals surface area contributed by atoms with Crippen molar-refractivity contribution in [1.82, 2.24) is 9.88 Å². The molecule has 19 heavy (non-hydrogen) atoms. The molecule has 0 aliphatic carbocycles. The maximum absolute atomic E-state index is 5.93. The van der Waals surface area contributed by atoms with Crippen LogP contribution < -0.4 is 4.74 Å². The second-order valence-corrected chi connectivity index (χ2v) is 4.95. The van der Waals surface area contributed by atoms with Gasteiger partial charge in [-0.05, 0) is 44.6 Å². The lowest BCUT2D eigenvalue weighted by molar-refractivity contribution is 0.308. The van der Waals surface area contributed by atoms with E-state index < -0.39 is 0 Å². The molecular weight excluding hydrogens is 236 g/mol. The number of para-hydroxylation sites is 1. The van der Waals surface area contributed by atoms with Crippen LogP contribution in [-0.4, -0.2) is 23.5 Å². The summed E-state index contributed by atoms with van der Waals surface area (Å²) in [7, 11) is 2.16. The van der Waals surface area contributed by atoms with Gasteiger partial charge in [0.25, 0.3) is 0 Å². The van der Waals surface area contributed by atoms with Crippen molar-refractivity contribution < 1.29 is 4.74 Å². The van der Waals surface area contributed by atoms with Gasteiger partial charge in [0.1, 0.15) is 5.75 Å². The van der Waals surface area contributed by atoms with Gasteiger partial charge in [0.15, 0.2) is 0 Å². The molecule has 0 N–H and O–H groups in total. The van der Waals surface area contributed by atoms with Crippen molar-refractivity contribution in [3.8, 4) is 11.6 Å². The van der Waals surface area contributed by atoms with E-state index in [0.717, 1.165) is 18.2 Å². The Hall–Kier alpha value is -1.87. The molecule has 1 aliphatic heterocycles. The Labute approximate surface area is 113 Å². The molecule has 1 aromatic carbocycles. The van der Waals surface area contributed by atoms with E-state index in [0.29, 0.717) is 6.04 Å². The summed E-state index contributed by atoms with van der Waals surface area (Å²) in [4.78, 5) is 6.77. The molecule has 98 valence electrons. The van der Waals surface area contributed by atoms with Gasteiger partial charge in [0.2, 0.25) is 5.88 Å². The number of likely N-dealkylation sites (tertiary alicyclic amines) is 1. The van der Waals surface area contributed by atoms with Crippen LogP contribution in [0, 0.1) is 0 Å². The van der Waals surface area contributed by atoms with E-state index in [2.05, 4.69) is 23.0 Å². The van der Waals surface area contributed by atoms with Crippen LogP contribution >= 0.6 is 0 Å². The minimum atomic E-state index is 0.424. The van der Waals surface area contributed by atoms with Crippen molar-refractivity contribution in [1.29, 1.82) is 0 Å². The highest BCUT2D eigenvalue weighted by Gasteiger charge is 2.25. The van der Waals surface area contributed by atoms with E-state index in [1.54, 1.807) is 6.20 Å². The summed E-state index contributed by atoms with van der Waals surface area (Å²) in [6.45, 7) is 1.14. The van der Waals surface area contributed by atoms with E-state index in [4.69, 9.17) is 4.74 Å². The van der Waals surface area contributed by atoms with Crippen molar-refractivity contribution in [3.05, 3.63) is 54.2 Å². The molecule has 2 aromatic rings. The van der Waals surface area contributed by atoms with E-state index in [9.17, 15) is 0 Å². The van der Waals surface area contributed by atoms with Gasteiger partial charge in [0, 0.05) is 17.8 Å². The van der Waals surface area contributed by atoms with Crippen molar-refractivity contribution in [2.24, 2.45) is 0 Å². The number of hydrogen-bond donors (Lipinski definition) is 0. The number of hydrogen-bond acceptors (Lipinski definition) is 3. The first kappa shape index (κ1) is 12.2. The number of nitrogens with zero attached hydrogens (tertiary/aromatic N) is 2. The molecule has 1 aromatic heterocycles. The van der Waals surface area contributed by atoms with Crippen molar-refractivity contribution in [2.75, 3.05) is 13.6 Å². The first-order valence-electron chi connectivity index (χ1n) is 6.72. The molecule has 1 unspecified atom stereocenters. The van der Waals surface area contributed by atoms with Crippen LogP contribution in [-0.2, 0) is 0 Å². The molecular formula is C16H18N2O. The van der Waals surface area contributed by atoms with Gasteiger partial charge < -0.3 is 4.74 Å². The molecule has 0 amide bonds. The van der Waals surface area contributed by atoms with Crippen molar-refractivity contribution in [3.63, 3.8) is 0 Å². The lowest BCUT2D eigenvalue weighted by atomic mass is 10.1. The normalized spacial score (nSPS) is 19.5. The zero-order valence-corrected chi connectivity index (χ0v) is 11.1. The third kappa shape index (κ3) is 2.61. The molecule has 1 atom stereocenters. The maximum Gasteiger partial charge on any atom is 0.223 e. The lowest BCUT2D eigenvalue weighted by Crippen LogP contribution is -2.18. The fourth-order valence-electron chi connectivity index (χ4n) is 2.65. The third-order valence-electron chi connectivity index (χ3n) is 3.64. The molecule has 3 nitrogen and oxygen atoms in total. The Balaban J connectivity index is 1.89. The van der Waals surface area contributed by atoms with Crippen LogP contribution in [0.1, 0.15) is 24.4 Å². The highest BCUT2D eigenvalue weighted by Crippen LogP contribution is 2.36. The van der Waals surface area contributed by atoms with Gasteiger partial charge in [-0.1, -0.05) is 24.3 Å². The quantitative estimate of drug-likeness (QED) is 0.836. The zero-order chi connectivity index (χ0) is 13.1. The Kier molecular flexibility index (Phi) is 3.47. The van der Waals surface area contributed by atoms with Crippen LogP contribution in [0.4, 0.5) is 0 Å². The minimum absolute atomic E-state index is 0.424. The van der Waals surface area contributed by atoms with Crippen molar-refractivity contribution >= 4 is 0 Å². The average molecular weight is 254 g/mol. The second-order valence-electron chi connectivity index (χ2n) is 4.95. The lowest BCUT2D eigenvalue weighted by Gasteiger charge is -2.21. The molecule has 0 spiro atoms. The number of aromatic nitrogens is 1. The van der Waals surface area contributed by atoms with Crippen LogP contribution in [0.5, 0.6) is 11.6 Å². The van der Waals surface area contributed by atoms with E-state index >= 15 is 0 Å². The molecule has 1 fully saturated rings. The maximum atomic E-state index is 5.93. The van der Waals surface area contributed by atoms with Gasteiger partial charge >= 0.3 is 0 Å². The molecule has 0 bridgehead atoms. The van der Waals surface area contributed by atoms with Gasteiger partial charge in [-0.15, -0.1) is 0 Å². The van der Waals surface area contributed by atoms with Crippen LogP contribution in [0.3, 0.4) is 0 Å². The SMILES string of the molecule is CN1CCCC1c1cccnc1Oc1ccccc1. The van der Waals surface area contributed by atoms with Gasteiger partial charge in [-0.3, -0.25) is 4.90 Å². The average Bonchev–Trinajstić information content (AvgIpc) is 2.87. The smallest absolute Gasteiger partial charge is 0.223 e. The molecule has 0 radical (unpaired) electrons. The Morgan fingerprint density at radius 1 is 1.16 bits per heavy atom. The summed E-state index contributed by atoms with van der Waals surface area (Å²) in [5.41, 5.74) is 1.19. The Bertz CT molecular complexity index is 541. The summed E-state index contributed by atoms with van der Waals surface area (Å²) >= 11 is 0. The van der Waals surface area contributed by atoms with Crippen molar-refractivity contribution in [2.45, 2.75) is 18.9 Å². The first-order chi connectivity index (χ1) is 9.34. The summed E-state index contributed by atoms with van der Waals surface area (Å²) in [5, 5.41) is 0. The number of rotatable bonds is 3. The standard InChI is InChI=1S/C16H18N2O/c1-18-12-6-10-15(18)14-9-5-11-17-16(14)19-13-7-3-2-4-8-13/h2-5,7-9,11,15H,6,10,12H2,1H3. The number of pyridine rings is 1. The van der Waals surface area contributed by atoms with E-state index in [1.165, 1.54) is 18.4 Å². The predicted octanol–water partition coefficient (Wildman–Crippen LogP) is 3.64. The summed E-state index contributed by atoms with van der Waals surface area (Å²) in [6.07, 6.45) is 4.20. The third-order valence-corrected chi connectivity index (χ3v) is 3.64. The summed E-state index contributed by atoms with van der Waals surface area (Å²) < 4.78 is 5.93. The van der Waals surface area contributed by atoms with E-state index in [-0.39, 0.29) is 0 Å². The monoisotopic (exact) mass is 254 g/mol. The molecule has 3 heteroatoms. The molecule has 0 saturated carbocycles. The first-order valence-corrected chi connectivity index (χ1v) is 6.72. The van der Waals surface area contributed by atoms with Gasteiger partial charge in [-0.25, -0.2) is 4.98 Å². The number of ether oxygens (including phenoxy) is 1. The van der Waals surface area contributed by atoms with Crippen LogP contribution in [0.2, 0.25) is 0 Å². The van der Waals surface area contributed by atoms with E-state index in [1.807, 2.05) is 36.4 Å². The fraction of sp³-hybridized carbons (Fsp3) is 0.312. The molecule has 1 aliphatic rings. The van der Waals surface area contributed by atoms with Gasteiger partial charge in [0.05, 0.1) is 0 Å². The molecule has 3 rings (SSSR count). The fourth-order valence-corrected chi connectivity index (χ4v) is 2.65. The van der Waals surface area contributed by atoms with Gasteiger partial charge in [-0.2, -0.15) is 0 Å². The Morgan fingerprint density at radius 3 is 2.74 bits per heavy atom. The topological polar surface area (TPSA) is 25.4 Å². The Morgan fingerprint density at radius 2 is 2.00 bits per heavy atom. The second kappa shape index (κ2) is 5.41. The summed E-state index contributed by atoms with van der Waals surface area (Å²) in [6, 6.07) is 14.4.